The lowest BCUT2D eigenvalue weighted by atomic mass is 10.1. The summed E-state index contributed by atoms with van der Waals surface area (Å²) in [6.07, 6.45) is 1.38. The summed E-state index contributed by atoms with van der Waals surface area (Å²) in [5.74, 6) is -1.02. The highest BCUT2D eigenvalue weighted by molar-refractivity contribution is 5.30. The van der Waals surface area contributed by atoms with E-state index in [0.717, 1.165) is 12.0 Å². The number of alkyl halides is 3. The molecule has 0 spiro atoms. The summed E-state index contributed by atoms with van der Waals surface area (Å²) >= 11 is 0. The van der Waals surface area contributed by atoms with Gasteiger partial charge in [-0.2, -0.15) is 13.2 Å². The molecule has 1 heterocycles. The molecule has 2 rings (SSSR count). The third-order valence-electron chi connectivity index (χ3n) is 2.59. The molecule has 0 aromatic carbocycles. The number of aromatic nitrogens is 2. The van der Waals surface area contributed by atoms with Crippen molar-refractivity contribution in [1.29, 1.82) is 0 Å². The van der Waals surface area contributed by atoms with Gasteiger partial charge in [-0.3, -0.25) is 0 Å². The zero-order valence-electron chi connectivity index (χ0n) is 8.80. The number of aryl methyl sites for hydroxylation is 2. The van der Waals surface area contributed by atoms with Gasteiger partial charge in [0.25, 0.3) is 0 Å². The van der Waals surface area contributed by atoms with Gasteiger partial charge in [0, 0.05) is 11.4 Å². The van der Waals surface area contributed by atoms with Crippen molar-refractivity contribution in [3.05, 3.63) is 34.9 Å². The van der Waals surface area contributed by atoms with E-state index < -0.39 is 12.0 Å². The van der Waals surface area contributed by atoms with Crippen molar-refractivity contribution >= 4 is 0 Å². The molecule has 2 nitrogen and oxygen atoms in total. The summed E-state index contributed by atoms with van der Waals surface area (Å²) < 4.78 is 37.5. The first kappa shape index (κ1) is 11.1. The molecule has 1 aromatic heterocycles. The number of hydrogen-bond donors (Lipinski definition) is 0. The average Bonchev–Trinajstić information content (AvgIpc) is 2.41. The van der Waals surface area contributed by atoms with Crippen molar-refractivity contribution < 1.29 is 13.2 Å². The first-order valence-electron chi connectivity index (χ1n) is 5.07. The zero-order chi connectivity index (χ0) is 11.8. The molecular weight excluding hydrogens is 217 g/mol. The molecule has 1 aliphatic rings. The van der Waals surface area contributed by atoms with Crippen LogP contribution in [0.15, 0.2) is 12.2 Å². The highest BCUT2D eigenvalue weighted by Gasteiger charge is 2.35. The second-order valence-corrected chi connectivity index (χ2v) is 3.77. The van der Waals surface area contributed by atoms with E-state index in [1.54, 1.807) is 6.92 Å². The van der Waals surface area contributed by atoms with Crippen molar-refractivity contribution in [2.24, 2.45) is 0 Å². The topological polar surface area (TPSA) is 25.8 Å². The normalized spacial score (nSPS) is 15.8. The van der Waals surface area contributed by atoms with E-state index in [0.29, 0.717) is 24.2 Å². The monoisotopic (exact) mass is 228 g/mol. The Bertz CT molecular complexity index is 436. The molecule has 5 heteroatoms. The molecular formula is C11H11F3N2. The number of fused-ring (bicyclic) bond motifs is 1. The predicted molar refractivity (Wildman–Crippen MR) is 52.9 cm³/mol. The minimum absolute atomic E-state index is 0.434. The SMILES string of the molecule is Cc1nc(C(F)(F)F)nc2c1CC=CCC2. The molecule has 0 radical (unpaired) electrons. The summed E-state index contributed by atoms with van der Waals surface area (Å²) in [5, 5.41) is 0. The third-order valence-corrected chi connectivity index (χ3v) is 2.59. The van der Waals surface area contributed by atoms with Gasteiger partial charge in [0.1, 0.15) is 0 Å². The molecule has 1 aliphatic carbocycles. The second kappa shape index (κ2) is 3.88. The van der Waals surface area contributed by atoms with Crippen molar-refractivity contribution in [3.8, 4) is 0 Å². The van der Waals surface area contributed by atoms with Crippen LogP contribution in [0.1, 0.15) is 29.2 Å². The van der Waals surface area contributed by atoms with Crippen LogP contribution in [0.5, 0.6) is 0 Å². The molecule has 16 heavy (non-hydrogen) atoms. The lowest BCUT2D eigenvalue weighted by molar-refractivity contribution is -0.145. The van der Waals surface area contributed by atoms with Crippen LogP contribution in [0.2, 0.25) is 0 Å². The Hall–Kier alpha value is -1.39. The first-order valence-corrected chi connectivity index (χ1v) is 5.07. The summed E-state index contributed by atoms with van der Waals surface area (Å²) in [5.41, 5.74) is 1.80. The molecule has 86 valence electrons. The smallest absolute Gasteiger partial charge is 0.229 e. The lowest BCUT2D eigenvalue weighted by Crippen LogP contribution is -2.15. The van der Waals surface area contributed by atoms with E-state index in [-0.39, 0.29) is 0 Å². The van der Waals surface area contributed by atoms with E-state index in [4.69, 9.17) is 0 Å². The third kappa shape index (κ3) is 2.08. The summed E-state index contributed by atoms with van der Waals surface area (Å²) in [6, 6.07) is 0. The van der Waals surface area contributed by atoms with Crippen molar-refractivity contribution in [1.82, 2.24) is 9.97 Å². The number of nitrogens with zero attached hydrogens (tertiary/aromatic N) is 2. The van der Waals surface area contributed by atoms with Crippen LogP contribution in [-0.4, -0.2) is 9.97 Å². The second-order valence-electron chi connectivity index (χ2n) is 3.77. The standard InChI is InChI=1S/C11H11F3N2/c1-7-8-5-3-2-4-6-9(8)16-10(15-7)11(12,13)14/h2-3H,4-6H2,1H3. The van der Waals surface area contributed by atoms with Crippen molar-refractivity contribution in [2.75, 3.05) is 0 Å². The van der Waals surface area contributed by atoms with Crippen LogP contribution >= 0.6 is 0 Å². The predicted octanol–water partition coefficient (Wildman–Crippen LogP) is 2.85. The highest BCUT2D eigenvalue weighted by Crippen LogP contribution is 2.28. The van der Waals surface area contributed by atoms with Crippen molar-refractivity contribution in [2.45, 2.75) is 32.4 Å². The molecule has 1 aromatic rings. The van der Waals surface area contributed by atoms with Gasteiger partial charge in [-0.1, -0.05) is 12.2 Å². The number of halogens is 3. The largest absolute Gasteiger partial charge is 0.451 e. The maximum absolute atomic E-state index is 12.5. The minimum Gasteiger partial charge on any atom is -0.229 e. The van der Waals surface area contributed by atoms with Gasteiger partial charge in [-0.15, -0.1) is 0 Å². The Kier molecular flexibility index (Phi) is 2.69. The van der Waals surface area contributed by atoms with E-state index in [1.807, 2.05) is 12.2 Å². The maximum atomic E-state index is 12.5. The Labute approximate surface area is 91.2 Å². The van der Waals surface area contributed by atoms with Crippen LogP contribution in [-0.2, 0) is 19.0 Å². The molecule has 0 unspecified atom stereocenters. The molecule has 0 fully saturated rings. The molecule has 0 bridgehead atoms. The van der Waals surface area contributed by atoms with E-state index in [1.165, 1.54) is 0 Å². The Morgan fingerprint density at radius 2 is 1.94 bits per heavy atom. The molecule has 0 aliphatic heterocycles. The van der Waals surface area contributed by atoms with Crippen LogP contribution < -0.4 is 0 Å². The van der Waals surface area contributed by atoms with Gasteiger partial charge in [-0.05, 0) is 31.7 Å². The highest BCUT2D eigenvalue weighted by atomic mass is 19.4. The number of allylic oxidation sites excluding steroid dienone is 2. The average molecular weight is 228 g/mol. The molecule has 0 atom stereocenters. The van der Waals surface area contributed by atoms with Gasteiger partial charge in [0.05, 0.1) is 0 Å². The fraction of sp³-hybridized carbons (Fsp3) is 0.455. The van der Waals surface area contributed by atoms with Gasteiger partial charge in [0.2, 0.25) is 5.82 Å². The van der Waals surface area contributed by atoms with Crippen LogP contribution in [0.25, 0.3) is 0 Å². The molecule has 0 N–H and O–H groups in total. The molecule has 0 saturated heterocycles. The molecule has 0 saturated carbocycles. The quantitative estimate of drug-likeness (QED) is 0.638. The van der Waals surface area contributed by atoms with Crippen molar-refractivity contribution in [3.63, 3.8) is 0 Å². The summed E-state index contributed by atoms with van der Waals surface area (Å²) in [4.78, 5) is 7.16. The van der Waals surface area contributed by atoms with Crippen LogP contribution in [0, 0.1) is 6.92 Å². The Morgan fingerprint density at radius 1 is 1.19 bits per heavy atom. The summed E-state index contributed by atoms with van der Waals surface area (Å²) in [6.45, 7) is 1.61. The van der Waals surface area contributed by atoms with Gasteiger partial charge in [-0.25, -0.2) is 9.97 Å². The van der Waals surface area contributed by atoms with Gasteiger partial charge >= 0.3 is 6.18 Å². The fourth-order valence-electron chi connectivity index (χ4n) is 1.79. The number of hydrogen-bond acceptors (Lipinski definition) is 2. The van der Waals surface area contributed by atoms with E-state index in [9.17, 15) is 13.2 Å². The summed E-state index contributed by atoms with van der Waals surface area (Å²) in [7, 11) is 0. The maximum Gasteiger partial charge on any atom is 0.451 e. The van der Waals surface area contributed by atoms with Gasteiger partial charge in [0.15, 0.2) is 0 Å². The van der Waals surface area contributed by atoms with Crippen LogP contribution in [0.4, 0.5) is 13.2 Å². The fourth-order valence-corrected chi connectivity index (χ4v) is 1.79. The minimum atomic E-state index is -4.46. The van der Waals surface area contributed by atoms with Gasteiger partial charge < -0.3 is 0 Å². The first-order chi connectivity index (χ1) is 7.48. The van der Waals surface area contributed by atoms with E-state index in [2.05, 4.69) is 9.97 Å². The van der Waals surface area contributed by atoms with E-state index >= 15 is 0 Å². The Balaban J connectivity index is 2.50. The zero-order valence-corrected chi connectivity index (χ0v) is 8.80. The molecule has 0 amide bonds. The lowest BCUT2D eigenvalue weighted by Gasteiger charge is -2.12. The van der Waals surface area contributed by atoms with Crippen LogP contribution in [0.3, 0.4) is 0 Å². The Morgan fingerprint density at radius 3 is 2.62 bits per heavy atom. The number of rotatable bonds is 0.